The zero-order chi connectivity index (χ0) is 28.3. The van der Waals surface area contributed by atoms with E-state index in [1.54, 1.807) is 29.3 Å². The van der Waals surface area contributed by atoms with Gasteiger partial charge in [-0.15, -0.1) is 0 Å². The van der Waals surface area contributed by atoms with Crippen molar-refractivity contribution in [3.05, 3.63) is 88.4 Å². The van der Waals surface area contributed by atoms with Crippen LogP contribution in [0.2, 0.25) is 0 Å². The highest BCUT2D eigenvalue weighted by molar-refractivity contribution is 6.06. The zero-order valence-corrected chi connectivity index (χ0v) is 22.3. The third kappa shape index (κ3) is 4.27. The van der Waals surface area contributed by atoms with E-state index in [1.165, 1.54) is 12.3 Å². The van der Waals surface area contributed by atoms with Crippen LogP contribution in [0.15, 0.2) is 48.8 Å². The predicted molar refractivity (Wildman–Crippen MR) is 145 cm³/mol. The van der Waals surface area contributed by atoms with E-state index < -0.39 is 34.9 Å². The second-order valence-electron chi connectivity index (χ2n) is 11.8. The van der Waals surface area contributed by atoms with E-state index in [4.69, 9.17) is 0 Å². The lowest BCUT2D eigenvalue weighted by Crippen LogP contribution is -2.55. The number of halogens is 2. The van der Waals surface area contributed by atoms with Crippen LogP contribution in [0.25, 0.3) is 0 Å². The van der Waals surface area contributed by atoms with Gasteiger partial charge in [0.15, 0.2) is 11.6 Å². The number of amides is 3. The Bertz CT molecular complexity index is 1590. The lowest BCUT2D eigenvalue weighted by molar-refractivity contribution is -0.137. The number of pyridine rings is 2. The van der Waals surface area contributed by atoms with Crippen molar-refractivity contribution in [2.45, 2.75) is 55.9 Å². The Kier molecular flexibility index (Phi) is 6.10. The summed E-state index contributed by atoms with van der Waals surface area (Å²) < 4.78 is 28.8. The van der Waals surface area contributed by atoms with Gasteiger partial charge in [0.1, 0.15) is 11.9 Å². The number of nitrogens with zero attached hydrogens (tertiary/aromatic N) is 3. The molecule has 4 heterocycles. The molecule has 1 spiro atoms. The normalized spacial score (nSPS) is 25.1. The van der Waals surface area contributed by atoms with Gasteiger partial charge in [0, 0.05) is 49.1 Å². The molecule has 1 unspecified atom stereocenters. The molecule has 41 heavy (non-hydrogen) atoms. The fraction of sp³-hybridized carbons (Fsp3) is 0.387. The Hall–Kier alpha value is -4.21. The minimum atomic E-state index is -0.929. The summed E-state index contributed by atoms with van der Waals surface area (Å²) in [5.41, 5.74) is 2.05. The third-order valence-electron chi connectivity index (χ3n) is 9.27. The summed E-state index contributed by atoms with van der Waals surface area (Å²) in [4.78, 5) is 50.5. The fourth-order valence-electron chi connectivity index (χ4n) is 6.85. The van der Waals surface area contributed by atoms with Crippen molar-refractivity contribution >= 4 is 23.5 Å². The second kappa shape index (κ2) is 9.71. The maximum absolute atomic E-state index is 14.8. The van der Waals surface area contributed by atoms with Gasteiger partial charge in [-0.2, -0.15) is 0 Å². The molecule has 0 radical (unpaired) electrons. The van der Waals surface area contributed by atoms with Crippen molar-refractivity contribution in [3.63, 3.8) is 0 Å². The number of carbonyl (C=O) groups excluding carboxylic acids is 3. The molecule has 2 fully saturated rings. The first-order valence-electron chi connectivity index (χ1n) is 14.1. The van der Waals surface area contributed by atoms with Gasteiger partial charge in [-0.1, -0.05) is 24.6 Å². The van der Waals surface area contributed by atoms with E-state index in [-0.39, 0.29) is 35.9 Å². The number of rotatable bonds is 5. The summed E-state index contributed by atoms with van der Waals surface area (Å²) in [6, 6.07) is 8.63. The van der Waals surface area contributed by atoms with Crippen LogP contribution in [-0.2, 0) is 27.8 Å². The third-order valence-corrected chi connectivity index (χ3v) is 9.27. The highest BCUT2D eigenvalue weighted by Gasteiger charge is 2.51. The Morgan fingerprint density at radius 1 is 1.12 bits per heavy atom. The minimum Gasteiger partial charge on any atom is -0.340 e. The van der Waals surface area contributed by atoms with Crippen LogP contribution in [-0.4, -0.2) is 51.7 Å². The van der Waals surface area contributed by atoms with E-state index in [9.17, 15) is 23.2 Å². The van der Waals surface area contributed by atoms with E-state index in [2.05, 4.69) is 20.6 Å². The SMILES string of the molecule is O=C(N[C@H]1C[C@@H](c2cccc(F)c2F)CN(CC2CCC2)C1=O)c1cnc2c(c1)CC1(C2)C(=O)Nc2ncccc21. The predicted octanol–water partition coefficient (Wildman–Crippen LogP) is 3.66. The number of benzene rings is 1. The van der Waals surface area contributed by atoms with Crippen molar-refractivity contribution in [1.82, 2.24) is 20.2 Å². The highest BCUT2D eigenvalue weighted by atomic mass is 19.2. The highest BCUT2D eigenvalue weighted by Crippen LogP contribution is 2.46. The molecule has 8 nitrogen and oxygen atoms in total. The van der Waals surface area contributed by atoms with Crippen LogP contribution in [0.4, 0.5) is 14.6 Å². The summed E-state index contributed by atoms with van der Waals surface area (Å²) in [6.07, 6.45) is 7.23. The molecule has 2 aliphatic carbocycles. The van der Waals surface area contributed by atoms with Crippen molar-refractivity contribution < 1.29 is 23.2 Å². The average Bonchev–Trinajstić information content (AvgIpc) is 3.46. The molecule has 0 bridgehead atoms. The lowest BCUT2D eigenvalue weighted by Gasteiger charge is -2.41. The van der Waals surface area contributed by atoms with Gasteiger partial charge >= 0.3 is 0 Å². The Morgan fingerprint density at radius 3 is 2.78 bits per heavy atom. The quantitative estimate of drug-likeness (QED) is 0.499. The number of likely N-dealkylation sites (tertiary alicyclic amines) is 1. The van der Waals surface area contributed by atoms with Crippen LogP contribution >= 0.6 is 0 Å². The number of anilines is 1. The molecule has 7 rings (SSSR count). The Labute approximate surface area is 235 Å². The molecule has 2 N–H and O–H groups in total. The van der Waals surface area contributed by atoms with Crippen molar-refractivity contribution in [1.29, 1.82) is 0 Å². The molecule has 210 valence electrons. The molecule has 3 aromatic rings. The van der Waals surface area contributed by atoms with Crippen LogP contribution in [0.5, 0.6) is 0 Å². The number of piperidine rings is 1. The van der Waals surface area contributed by atoms with Crippen LogP contribution < -0.4 is 10.6 Å². The second-order valence-corrected chi connectivity index (χ2v) is 11.8. The molecular formula is C31H29F2N5O3. The Balaban J connectivity index is 1.12. The Morgan fingerprint density at radius 2 is 1.98 bits per heavy atom. The largest absolute Gasteiger partial charge is 0.340 e. The van der Waals surface area contributed by atoms with Gasteiger partial charge in [0.2, 0.25) is 11.8 Å². The summed E-state index contributed by atoms with van der Waals surface area (Å²) in [6.45, 7) is 0.822. The molecule has 3 atom stereocenters. The van der Waals surface area contributed by atoms with Gasteiger partial charge in [0.05, 0.1) is 11.0 Å². The molecular weight excluding hydrogens is 528 g/mol. The van der Waals surface area contributed by atoms with Gasteiger partial charge in [-0.25, -0.2) is 13.8 Å². The standard InChI is InChI=1S/C31H29F2N5O3/c32-23-8-2-6-21(26(23)33)20-11-24(29(40)38(16-20)15-17-4-1-5-17)36-28(39)19-10-18-12-31(13-25(18)35-14-19)22-7-3-9-34-27(22)37-30(31)41/h2-3,6-10,14,17,20,24H,1,4-5,11-13,15-16H2,(H,36,39)(H,34,37,41)/t20-,24+,31?/m1/s1. The molecule has 10 heteroatoms. The number of hydrogen-bond donors (Lipinski definition) is 2. The number of carbonyl (C=O) groups is 3. The molecule has 1 aromatic carbocycles. The molecule has 1 saturated heterocycles. The topological polar surface area (TPSA) is 104 Å². The van der Waals surface area contributed by atoms with Crippen LogP contribution in [0.1, 0.15) is 64.3 Å². The fourth-order valence-corrected chi connectivity index (χ4v) is 6.85. The molecule has 2 aromatic heterocycles. The van der Waals surface area contributed by atoms with Crippen molar-refractivity contribution in [2.75, 3.05) is 18.4 Å². The maximum atomic E-state index is 14.8. The lowest BCUT2D eigenvalue weighted by atomic mass is 9.80. The number of aromatic nitrogens is 2. The first kappa shape index (κ1) is 25.7. The summed E-state index contributed by atoms with van der Waals surface area (Å²) in [7, 11) is 0. The number of nitrogens with one attached hydrogen (secondary N) is 2. The zero-order valence-electron chi connectivity index (χ0n) is 22.3. The maximum Gasteiger partial charge on any atom is 0.253 e. The van der Waals surface area contributed by atoms with Crippen LogP contribution in [0, 0.1) is 17.6 Å². The average molecular weight is 558 g/mol. The molecule has 4 aliphatic rings. The van der Waals surface area contributed by atoms with E-state index in [0.717, 1.165) is 42.1 Å². The van der Waals surface area contributed by atoms with Gasteiger partial charge in [-0.05, 0) is 60.9 Å². The van der Waals surface area contributed by atoms with E-state index in [1.807, 2.05) is 6.07 Å². The summed E-state index contributed by atoms with van der Waals surface area (Å²) in [5.74, 6) is -2.18. The van der Waals surface area contributed by atoms with E-state index >= 15 is 0 Å². The number of fused-ring (bicyclic) bond motifs is 3. The van der Waals surface area contributed by atoms with Gasteiger partial charge in [0.25, 0.3) is 5.91 Å². The summed E-state index contributed by atoms with van der Waals surface area (Å²) in [5, 5.41) is 5.72. The summed E-state index contributed by atoms with van der Waals surface area (Å²) >= 11 is 0. The van der Waals surface area contributed by atoms with Crippen molar-refractivity contribution in [3.8, 4) is 0 Å². The van der Waals surface area contributed by atoms with Gasteiger partial charge in [-0.3, -0.25) is 19.4 Å². The molecule has 1 saturated carbocycles. The van der Waals surface area contributed by atoms with Crippen molar-refractivity contribution in [2.24, 2.45) is 5.92 Å². The first-order chi connectivity index (χ1) is 19.8. The van der Waals surface area contributed by atoms with Gasteiger partial charge < -0.3 is 15.5 Å². The van der Waals surface area contributed by atoms with E-state index in [0.29, 0.717) is 31.1 Å². The monoisotopic (exact) mass is 557 g/mol. The molecule has 2 aliphatic heterocycles. The first-order valence-corrected chi connectivity index (χ1v) is 14.1. The smallest absolute Gasteiger partial charge is 0.253 e. The number of hydrogen-bond acceptors (Lipinski definition) is 5. The van der Waals surface area contributed by atoms with Crippen LogP contribution in [0.3, 0.4) is 0 Å². The molecule has 3 amide bonds. The minimum absolute atomic E-state index is 0.134.